The van der Waals surface area contributed by atoms with Gasteiger partial charge in [-0.15, -0.1) is 0 Å². The van der Waals surface area contributed by atoms with E-state index in [1.54, 1.807) is 4.90 Å². The molecule has 2 aliphatic carbocycles. The van der Waals surface area contributed by atoms with Crippen LogP contribution in [0, 0.1) is 17.8 Å². The number of hydrogen-bond acceptors (Lipinski definition) is 3. The van der Waals surface area contributed by atoms with Crippen LogP contribution >= 0.6 is 0 Å². The summed E-state index contributed by atoms with van der Waals surface area (Å²) in [5.41, 5.74) is 0. The van der Waals surface area contributed by atoms with E-state index >= 15 is 0 Å². The second kappa shape index (κ2) is 5.72. The molecule has 1 N–H and O–H groups in total. The number of ether oxygens (including phenoxy) is 1. The maximum absolute atomic E-state index is 12.5. The average molecular weight is 281 g/mol. The second-order valence-electron chi connectivity index (χ2n) is 6.36. The van der Waals surface area contributed by atoms with Crippen molar-refractivity contribution >= 4 is 11.9 Å². The van der Waals surface area contributed by atoms with Gasteiger partial charge in [0.1, 0.15) is 0 Å². The Balaban J connectivity index is 1.60. The van der Waals surface area contributed by atoms with Gasteiger partial charge < -0.3 is 14.7 Å². The normalized spacial score (nSPS) is 34.8. The van der Waals surface area contributed by atoms with Crippen LogP contribution in [0.15, 0.2) is 0 Å². The molecule has 1 heterocycles. The number of carboxylic acids is 1. The van der Waals surface area contributed by atoms with E-state index in [1.165, 1.54) is 32.1 Å². The van der Waals surface area contributed by atoms with Crippen LogP contribution in [0.25, 0.3) is 0 Å². The van der Waals surface area contributed by atoms with E-state index in [9.17, 15) is 14.7 Å². The Hall–Kier alpha value is -1.10. The quantitative estimate of drug-likeness (QED) is 0.851. The molecule has 112 valence electrons. The number of hydrogen-bond donors (Lipinski definition) is 1. The van der Waals surface area contributed by atoms with E-state index in [0.717, 1.165) is 6.42 Å². The Morgan fingerprint density at radius 1 is 1.15 bits per heavy atom. The average Bonchev–Trinajstić information content (AvgIpc) is 3.28. The van der Waals surface area contributed by atoms with Crippen molar-refractivity contribution in [3.05, 3.63) is 0 Å². The first-order valence-corrected chi connectivity index (χ1v) is 7.79. The van der Waals surface area contributed by atoms with Crippen molar-refractivity contribution < 1.29 is 19.4 Å². The summed E-state index contributed by atoms with van der Waals surface area (Å²) in [7, 11) is 0. The second-order valence-corrected chi connectivity index (χ2v) is 6.36. The molecule has 3 atom stereocenters. The van der Waals surface area contributed by atoms with Crippen LogP contribution in [0.2, 0.25) is 0 Å². The smallest absolute Gasteiger partial charge is 0.328 e. The Bertz CT molecular complexity index is 391. The summed E-state index contributed by atoms with van der Waals surface area (Å²) >= 11 is 0. The monoisotopic (exact) mass is 281 g/mol. The number of morpholine rings is 1. The topological polar surface area (TPSA) is 66.8 Å². The number of carboxylic acid groups (broad SMARTS) is 1. The van der Waals surface area contributed by atoms with Crippen molar-refractivity contribution in [3.63, 3.8) is 0 Å². The van der Waals surface area contributed by atoms with E-state index in [1.807, 2.05) is 0 Å². The van der Waals surface area contributed by atoms with Crippen LogP contribution in [0.3, 0.4) is 0 Å². The van der Waals surface area contributed by atoms with Gasteiger partial charge in [-0.2, -0.15) is 0 Å². The maximum atomic E-state index is 12.5. The largest absolute Gasteiger partial charge is 0.480 e. The molecule has 3 fully saturated rings. The highest BCUT2D eigenvalue weighted by atomic mass is 16.5. The van der Waals surface area contributed by atoms with Gasteiger partial charge in [-0.05, 0) is 18.3 Å². The van der Waals surface area contributed by atoms with Crippen LogP contribution in [0.4, 0.5) is 0 Å². The molecule has 3 rings (SSSR count). The van der Waals surface area contributed by atoms with Crippen molar-refractivity contribution in [2.75, 3.05) is 19.8 Å². The lowest BCUT2D eigenvalue weighted by molar-refractivity contribution is -0.159. The fourth-order valence-electron chi connectivity index (χ4n) is 3.87. The maximum Gasteiger partial charge on any atom is 0.328 e. The SMILES string of the molecule is O=C(O)[C@@H]1COCCN1C(=O)[C@@H]1C[C@H]1C1CCCCC1. The van der Waals surface area contributed by atoms with Crippen LogP contribution < -0.4 is 0 Å². The van der Waals surface area contributed by atoms with Crippen LogP contribution in [-0.2, 0) is 14.3 Å². The zero-order valence-corrected chi connectivity index (χ0v) is 11.8. The van der Waals surface area contributed by atoms with Crippen molar-refractivity contribution in [3.8, 4) is 0 Å². The predicted molar refractivity (Wildman–Crippen MR) is 72.1 cm³/mol. The molecule has 3 aliphatic rings. The van der Waals surface area contributed by atoms with Crippen LogP contribution in [0.5, 0.6) is 0 Å². The molecule has 5 nitrogen and oxygen atoms in total. The van der Waals surface area contributed by atoms with Crippen molar-refractivity contribution in [1.82, 2.24) is 4.90 Å². The van der Waals surface area contributed by atoms with Gasteiger partial charge in [0.05, 0.1) is 13.2 Å². The zero-order valence-electron chi connectivity index (χ0n) is 11.8. The number of carbonyl (C=O) groups is 2. The van der Waals surface area contributed by atoms with Gasteiger partial charge in [0.25, 0.3) is 0 Å². The van der Waals surface area contributed by atoms with Gasteiger partial charge in [-0.3, -0.25) is 4.79 Å². The molecular weight excluding hydrogens is 258 g/mol. The molecule has 0 unspecified atom stereocenters. The van der Waals surface area contributed by atoms with Gasteiger partial charge in [-0.25, -0.2) is 4.79 Å². The van der Waals surface area contributed by atoms with Gasteiger partial charge in [-0.1, -0.05) is 32.1 Å². The Kier molecular flexibility index (Phi) is 3.96. The first-order valence-electron chi connectivity index (χ1n) is 7.79. The summed E-state index contributed by atoms with van der Waals surface area (Å²) in [5.74, 6) is 0.393. The van der Waals surface area contributed by atoms with Crippen molar-refractivity contribution in [2.45, 2.75) is 44.6 Å². The summed E-state index contributed by atoms with van der Waals surface area (Å²) in [6.45, 7) is 1.00. The third-order valence-corrected chi connectivity index (χ3v) is 5.11. The summed E-state index contributed by atoms with van der Waals surface area (Å²) in [4.78, 5) is 25.3. The molecule has 0 aromatic carbocycles. The molecular formula is C15H23NO4. The molecule has 0 bridgehead atoms. The van der Waals surface area contributed by atoms with E-state index in [4.69, 9.17) is 4.74 Å². The third kappa shape index (κ3) is 2.68. The van der Waals surface area contributed by atoms with Gasteiger partial charge in [0.15, 0.2) is 6.04 Å². The highest BCUT2D eigenvalue weighted by Crippen LogP contribution is 2.50. The van der Waals surface area contributed by atoms with E-state index < -0.39 is 12.0 Å². The lowest BCUT2D eigenvalue weighted by Crippen LogP contribution is -2.53. The number of rotatable bonds is 3. The summed E-state index contributed by atoms with van der Waals surface area (Å²) in [6, 6.07) is -0.788. The Morgan fingerprint density at radius 2 is 1.90 bits per heavy atom. The number of aliphatic carboxylic acids is 1. The number of amides is 1. The minimum absolute atomic E-state index is 0.0521. The third-order valence-electron chi connectivity index (χ3n) is 5.11. The van der Waals surface area contributed by atoms with E-state index in [-0.39, 0.29) is 18.4 Å². The molecule has 0 radical (unpaired) electrons. The van der Waals surface area contributed by atoms with Gasteiger partial charge in [0, 0.05) is 12.5 Å². The van der Waals surface area contributed by atoms with E-state index in [0.29, 0.717) is 25.0 Å². The van der Waals surface area contributed by atoms with Crippen molar-refractivity contribution in [1.29, 1.82) is 0 Å². The summed E-state index contributed by atoms with van der Waals surface area (Å²) < 4.78 is 5.19. The highest BCUT2D eigenvalue weighted by molar-refractivity contribution is 5.87. The highest BCUT2D eigenvalue weighted by Gasteiger charge is 2.50. The minimum atomic E-state index is -0.951. The minimum Gasteiger partial charge on any atom is -0.480 e. The molecule has 1 saturated heterocycles. The van der Waals surface area contributed by atoms with Crippen LogP contribution in [-0.4, -0.2) is 47.7 Å². The molecule has 0 aromatic heterocycles. The molecule has 20 heavy (non-hydrogen) atoms. The summed E-state index contributed by atoms with van der Waals surface area (Å²) in [5, 5.41) is 9.20. The summed E-state index contributed by atoms with van der Waals surface area (Å²) in [6.07, 6.45) is 7.37. The number of nitrogens with zero attached hydrogens (tertiary/aromatic N) is 1. The van der Waals surface area contributed by atoms with Crippen LogP contribution in [0.1, 0.15) is 38.5 Å². The molecule has 0 spiro atoms. The first kappa shape index (κ1) is 13.9. The predicted octanol–water partition coefficient (Wildman–Crippen LogP) is 1.51. The molecule has 0 aromatic rings. The lowest BCUT2D eigenvalue weighted by atomic mass is 9.85. The molecule has 5 heteroatoms. The Morgan fingerprint density at radius 3 is 2.60 bits per heavy atom. The molecule has 1 aliphatic heterocycles. The van der Waals surface area contributed by atoms with Gasteiger partial charge in [0.2, 0.25) is 5.91 Å². The zero-order chi connectivity index (χ0) is 14.1. The Labute approximate surface area is 119 Å². The fraction of sp³-hybridized carbons (Fsp3) is 0.867. The molecule has 2 saturated carbocycles. The number of carbonyl (C=O) groups excluding carboxylic acids is 1. The lowest BCUT2D eigenvalue weighted by Gasteiger charge is -2.33. The standard InChI is InChI=1S/C15H23NO4/c17-14(16-6-7-20-9-13(16)15(18)19)12-8-11(12)10-4-2-1-3-5-10/h10-13H,1-9H2,(H,18,19)/t11-,12+,13-/m0/s1. The molecule has 1 amide bonds. The van der Waals surface area contributed by atoms with Gasteiger partial charge >= 0.3 is 5.97 Å². The first-order chi connectivity index (χ1) is 9.68. The van der Waals surface area contributed by atoms with E-state index in [2.05, 4.69) is 0 Å². The fourth-order valence-corrected chi connectivity index (χ4v) is 3.87. The van der Waals surface area contributed by atoms with Crippen molar-refractivity contribution in [2.24, 2.45) is 17.8 Å².